The summed E-state index contributed by atoms with van der Waals surface area (Å²) in [5.41, 5.74) is 1.04. The van der Waals surface area contributed by atoms with Gasteiger partial charge in [0.15, 0.2) is 0 Å². The molecule has 2 heterocycles. The van der Waals surface area contributed by atoms with Gasteiger partial charge in [0, 0.05) is 6.54 Å². The van der Waals surface area contributed by atoms with Crippen LogP contribution < -0.4 is 26.8 Å². The molecule has 1 aliphatic rings. The van der Waals surface area contributed by atoms with Gasteiger partial charge in [-0.25, -0.2) is 0 Å². The lowest BCUT2D eigenvalue weighted by Crippen LogP contribution is -2.37. The van der Waals surface area contributed by atoms with Crippen molar-refractivity contribution >= 4 is 23.0 Å². The number of anilines is 3. The zero-order valence-electron chi connectivity index (χ0n) is 14.3. The summed E-state index contributed by atoms with van der Waals surface area (Å²) in [4.78, 5) is 36.1. The van der Waals surface area contributed by atoms with Gasteiger partial charge in [-0.1, -0.05) is 12.1 Å². The molecule has 0 unspecified atom stereocenters. The molecule has 0 saturated heterocycles. The molecule has 1 aliphatic heterocycles. The quantitative estimate of drug-likeness (QED) is 0.610. The summed E-state index contributed by atoms with van der Waals surface area (Å²) in [6.45, 7) is 4.13. The molecule has 2 aromatic carbocycles. The molecule has 132 valence electrons. The fourth-order valence-corrected chi connectivity index (χ4v) is 3.14. The number of hydrogen-bond donors (Lipinski definition) is 3. The summed E-state index contributed by atoms with van der Waals surface area (Å²) in [5.74, 6) is 1.24. The van der Waals surface area contributed by atoms with Gasteiger partial charge in [0.25, 0.3) is 16.8 Å². The lowest BCUT2D eigenvalue weighted by Gasteiger charge is -2.19. The van der Waals surface area contributed by atoms with E-state index in [9.17, 15) is 14.4 Å². The summed E-state index contributed by atoms with van der Waals surface area (Å²) < 4.78 is 5.55. The average molecular weight is 351 g/mol. The minimum Gasteiger partial charge on any atom is -0.464 e. The van der Waals surface area contributed by atoms with E-state index in [1.807, 2.05) is 32.0 Å². The van der Waals surface area contributed by atoms with Gasteiger partial charge in [-0.3, -0.25) is 14.4 Å². The van der Waals surface area contributed by atoms with Crippen molar-refractivity contribution in [2.45, 2.75) is 26.4 Å². The molecule has 0 fully saturated rings. The lowest BCUT2D eigenvalue weighted by molar-refractivity contribution is 0.0966. The van der Waals surface area contributed by atoms with E-state index in [1.165, 1.54) is 0 Å². The van der Waals surface area contributed by atoms with Crippen LogP contribution in [0, 0.1) is 6.92 Å². The molecular weight excluding hydrogens is 334 g/mol. The summed E-state index contributed by atoms with van der Waals surface area (Å²) in [6.07, 6.45) is 0. The Balaban J connectivity index is 1.63. The highest BCUT2D eigenvalue weighted by molar-refractivity contribution is 6.04. The maximum atomic E-state index is 12.0. The molecule has 26 heavy (non-hydrogen) atoms. The predicted octanol–water partition coefficient (Wildman–Crippen LogP) is 2.34. The van der Waals surface area contributed by atoms with Gasteiger partial charge in [-0.2, -0.15) is 0 Å². The Labute approximate surface area is 148 Å². The van der Waals surface area contributed by atoms with Crippen molar-refractivity contribution in [1.29, 1.82) is 0 Å². The molecule has 4 rings (SSSR count). The Morgan fingerprint density at radius 3 is 2.58 bits per heavy atom. The van der Waals surface area contributed by atoms with Gasteiger partial charge >= 0.3 is 0 Å². The number of fused-ring (bicyclic) bond motifs is 1. The Morgan fingerprint density at radius 1 is 1.08 bits per heavy atom. The smallest absolute Gasteiger partial charge is 0.254 e. The van der Waals surface area contributed by atoms with Gasteiger partial charge in [-0.05, 0) is 37.6 Å². The van der Waals surface area contributed by atoms with E-state index in [2.05, 4.69) is 16.0 Å². The number of furan rings is 1. The first-order valence-electron chi connectivity index (χ1n) is 8.29. The van der Waals surface area contributed by atoms with Crippen LogP contribution in [-0.2, 0) is 6.54 Å². The molecule has 1 amide bonds. The minimum absolute atomic E-state index is 0.165. The van der Waals surface area contributed by atoms with Crippen LogP contribution in [0.1, 0.15) is 40.4 Å². The molecule has 0 bridgehead atoms. The molecule has 0 saturated carbocycles. The van der Waals surface area contributed by atoms with Crippen molar-refractivity contribution in [3.8, 4) is 0 Å². The second-order valence-corrected chi connectivity index (χ2v) is 6.37. The monoisotopic (exact) mass is 351 g/mol. The maximum Gasteiger partial charge on any atom is 0.254 e. The van der Waals surface area contributed by atoms with Crippen molar-refractivity contribution in [1.82, 2.24) is 5.32 Å². The number of aryl methyl sites for hydroxylation is 1. The number of benzene rings is 1. The number of nitrogens with one attached hydrogen (secondary N) is 3. The minimum atomic E-state index is -0.605. The fourth-order valence-electron chi connectivity index (χ4n) is 3.14. The van der Waals surface area contributed by atoms with Crippen molar-refractivity contribution < 1.29 is 9.21 Å². The van der Waals surface area contributed by atoms with Gasteiger partial charge < -0.3 is 20.4 Å². The third-order valence-corrected chi connectivity index (χ3v) is 4.54. The van der Waals surface area contributed by atoms with Crippen LogP contribution in [0.4, 0.5) is 17.1 Å². The topological polar surface area (TPSA) is 100 Å². The SMILES string of the molecule is Cc1ccc([C@H](C)Nc2c(Nc3cccc4c3C(=O)NC4)c(=O)c2=O)o1. The zero-order valence-corrected chi connectivity index (χ0v) is 14.3. The number of carbonyl (C=O) groups excluding carboxylic acids is 1. The zero-order chi connectivity index (χ0) is 18.4. The Kier molecular flexibility index (Phi) is 3.64. The van der Waals surface area contributed by atoms with Crippen molar-refractivity contribution in [2.75, 3.05) is 10.6 Å². The highest BCUT2D eigenvalue weighted by atomic mass is 16.3. The maximum absolute atomic E-state index is 12.0. The average Bonchev–Trinajstić information content (AvgIpc) is 3.24. The predicted molar refractivity (Wildman–Crippen MR) is 97.7 cm³/mol. The van der Waals surface area contributed by atoms with Crippen molar-refractivity contribution in [2.24, 2.45) is 0 Å². The highest BCUT2D eigenvalue weighted by Gasteiger charge is 2.27. The van der Waals surface area contributed by atoms with Gasteiger partial charge in [0.05, 0.1) is 17.3 Å². The van der Waals surface area contributed by atoms with E-state index < -0.39 is 10.9 Å². The first-order valence-corrected chi connectivity index (χ1v) is 8.29. The van der Waals surface area contributed by atoms with E-state index in [1.54, 1.807) is 12.1 Å². The third kappa shape index (κ3) is 2.48. The van der Waals surface area contributed by atoms with E-state index in [4.69, 9.17) is 4.42 Å². The van der Waals surface area contributed by atoms with Crippen LogP contribution in [0.2, 0.25) is 0 Å². The van der Waals surface area contributed by atoms with Crippen molar-refractivity contribution in [3.05, 3.63) is 73.4 Å². The molecule has 1 atom stereocenters. The third-order valence-electron chi connectivity index (χ3n) is 4.54. The van der Waals surface area contributed by atoms with Crippen LogP contribution in [0.3, 0.4) is 0 Å². The molecule has 3 aromatic rings. The Bertz CT molecular complexity index is 1090. The first kappa shape index (κ1) is 16.1. The molecule has 0 radical (unpaired) electrons. The number of hydrogen-bond acceptors (Lipinski definition) is 6. The second kappa shape index (κ2) is 5.87. The van der Waals surface area contributed by atoms with Crippen LogP contribution in [-0.4, -0.2) is 5.91 Å². The normalized spacial score (nSPS) is 14.2. The molecule has 7 nitrogen and oxygen atoms in total. The lowest BCUT2D eigenvalue weighted by atomic mass is 10.1. The highest BCUT2D eigenvalue weighted by Crippen LogP contribution is 2.30. The van der Waals surface area contributed by atoms with E-state index in [0.29, 0.717) is 23.6 Å². The fraction of sp³-hybridized carbons (Fsp3) is 0.211. The Hall–Kier alpha value is -3.35. The summed E-state index contributed by atoms with van der Waals surface area (Å²) in [5, 5.41) is 8.73. The summed E-state index contributed by atoms with van der Waals surface area (Å²) in [6, 6.07) is 8.73. The molecular formula is C19H17N3O4. The number of carbonyl (C=O) groups is 1. The molecule has 0 spiro atoms. The van der Waals surface area contributed by atoms with Gasteiger partial charge in [-0.15, -0.1) is 0 Å². The molecule has 0 aliphatic carbocycles. The molecule has 3 N–H and O–H groups in total. The molecule has 7 heteroatoms. The molecule has 1 aromatic heterocycles. The van der Waals surface area contributed by atoms with E-state index in [-0.39, 0.29) is 23.3 Å². The standard InChI is InChI=1S/C19H17N3O4/c1-9-6-7-13(26-9)10(2)21-15-16(18(24)17(15)23)22-12-5-3-4-11-8-20-19(25)14(11)12/h3-7,10,21-22H,8H2,1-2H3,(H,20,25)/t10-/m0/s1. The summed E-state index contributed by atoms with van der Waals surface area (Å²) in [7, 11) is 0. The summed E-state index contributed by atoms with van der Waals surface area (Å²) >= 11 is 0. The van der Waals surface area contributed by atoms with E-state index >= 15 is 0 Å². The van der Waals surface area contributed by atoms with Crippen LogP contribution >= 0.6 is 0 Å². The van der Waals surface area contributed by atoms with Crippen LogP contribution in [0.5, 0.6) is 0 Å². The largest absolute Gasteiger partial charge is 0.464 e. The van der Waals surface area contributed by atoms with Crippen LogP contribution in [0.15, 0.2) is 44.3 Å². The van der Waals surface area contributed by atoms with Crippen molar-refractivity contribution in [3.63, 3.8) is 0 Å². The van der Waals surface area contributed by atoms with Crippen LogP contribution in [0.25, 0.3) is 0 Å². The Morgan fingerprint density at radius 2 is 1.85 bits per heavy atom. The van der Waals surface area contributed by atoms with Gasteiger partial charge in [0.1, 0.15) is 22.9 Å². The van der Waals surface area contributed by atoms with E-state index in [0.717, 1.165) is 11.3 Å². The number of amides is 1. The second-order valence-electron chi connectivity index (χ2n) is 6.37. The first-order chi connectivity index (χ1) is 12.5. The van der Waals surface area contributed by atoms with Gasteiger partial charge in [0.2, 0.25) is 0 Å². The number of rotatable bonds is 5.